The number of nitrogens with one attached hydrogen (secondary N) is 2. The summed E-state index contributed by atoms with van der Waals surface area (Å²) in [5.74, 6) is 0.0338. The molecule has 0 radical (unpaired) electrons. The SMILES string of the molecule is CCNC(=O)CN[C@@H](C)c1ccc(Br)cc1. The van der Waals surface area contributed by atoms with Crippen LogP contribution in [0.15, 0.2) is 28.7 Å². The molecule has 4 heteroatoms. The second kappa shape index (κ2) is 6.66. The first kappa shape index (κ1) is 13.2. The summed E-state index contributed by atoms with van der Waals surface area (Å²) in [4.78, 5) is 11.3. The van der Waals surface area contributed by atoms with Crippen LogP contribution < -0.4 is 10.6 Å². The number of hydrogen-bond donors (Lipinski definition) is 2. The minimum Gasteiger partial charge on any atom is -0.355 e. The molecule has 0 aliphatic heterocycles. The number of benzene rings is 1. The maximum atomic E-state index is 11.3. The third kappa shape index (κ3) is 4.33. The highest BCUT2D eigenvalue weighted by atomic mass is 79.9. The van der Waals surface area contributed by atoms with Crippen molar-refractivity contribution in [2.45, 2.75) is 19.9 Å². The number of hydrogen-bond acceptors (Lipinski definition) is 2. The molecule has 1 amide bonds. The molecule has 16 heavy (non-hydrogen) atoms. The lowest BCUT2D eigenvalue weighted by Crippen LogP contribution is -2.34. The first-order chi connectivity index (χ1) is 7.63. The smallest absolute Gasteiger partial charge is 0.233 e. The first-order valence-corrected chi connectivity index (χ1v) is 6.18. The fourth-order valence-corrected chi connectivity index (χ4v) is 1.64. The highest BCUT2D eigenvalue weighted by molar-refractivity contribution is 9.10. The van der Waals surface area contributed by atoms with Gasteiger partial charge in [-0.2, -0.15) is 0 Å². The molecule has 0 aliphatic carbocycles. The summed E-state index contributed by atoms with van der Waals surface area (Å²) >= 11 is 3.39. The van der Waals surface area contributed by atoms with Crippen LogP contribution >= 0.6 is 15.9 Å². The van der Waals surface area contributed by atoms with E-state index in [1.54, 1.807) is 0 Å². The third-order valence-electron chi connectivity index (χ3n) is 2.31. The molecule has 0 unspecified atom stereocenters. The van der Waals surface area contributed by atoms with Gasteiger partial charge in [-0.3, -0.25) is 4.79 Å². The zero-order chi connectivity index (χ0) is 12.0. The van der Waals surface area contributed by atoms with Crippen LogP contribution in [0.2, 0.25) is 0 Å². The van der Waals surface area contributed by atoms with Crippen molar-refractivity contribution >= 4 is 21.8 Å². The van der Waals surface area contributed by atoms with E-state index in [4.69, 9.17) is 0 Å². The Morgan fingerprint density at radius 1 is 1.38 bits per heavy atom. The predicted octanol–water partition coefficient (Wildman–Crippen LogP) is 2.24. The summed E-state index contributed by atoms with van der Waals surface area (Å²) < 4.78 is 1.06. The van der Waals surface area contributed by atoms with Crippen LogP contribution in [-0.2, 0) is 4.79 Å². The Bertz CT molecular complexity index is 337. The molecule has 3 nitrogen and oxygen atoms in total. The Hall–Kier alpha value is -0.870. The average molecular weight is 285 g/mol. The summed E-state index contributed by atoms with van der Waals surface area (Å²) in [6.45, 7) is 4.98. The number of rotatable bonds is 5. The van der Waals surface area contributed by atoms with Crippen molar-refractivity contribution in [2.75, 3.05) is 13.1 Å². The van der Waals surface area contributed by atoms with E-state index in [9.17, 15) is 4.79 Å². The summed E-state index contributed by atoms with van der Waals surface area (Å²) in [6, 6.07) is 8.26. The van der Waals surface area contributed by atoms with Crippen LogP contribution in [0.4, 0.5) is 0 Å². The van der Waals surface area contributed by atoms with Gasteiger partial charge in [-0.1, -0.05) is 28.1 Å². The Morgan fingerprint density at radius 3 is 2.56 bits per heavy atom. The molecule has 2 N–H and O–H groups in total. The van der Waals surface area contributed by atoms with Crippen LogP contribution in [-0.4, -0.2) is 19.0 Å². The maximum absolute atomic E-state index is 11.3. The van der Waals surface area contributed by atoms with E-state index in [0.717, 1.165) is 4.47 Å². The van der Waals surface area contributed by atoms with Gasteiger partial charge in [0.25, 0.3) is 0 Å². The van der Waals surface area contributed by atoms with Crippen LogP contribution in [0.1, 0.15) is 25.5 Å². The van der Waals surface area contributed by atoms with E-state index in [1.807, 2.05) is 38.1 Å². The van der Waals surface area contributed by atoms with Gasteiger partial charge in [-0.05, 0) is 31.5 Å². The summed E-state index contributed by atoms with van der Waals surface area (Å²) in [5, 5.41) is 5.93. The molecule has 0 spiro atoms. The van der Waals surface area contributed by atoms with Crippen LogP contribution in [0.25, 0.3) is 0 Å². The first-order valence-electron chi connectivity index (χ1n) is 5.39. The van der Waals surface area contributed by atoms with Gasteiger partial charge in [-0.25, -0.2) is 0 Å². The van der Waals surface area contributed by atoms with Gasteiger partial charge in [0.2, 0.25) is 5.91 Å². The van der Waals surface area contributed by atoms with Gasteiger partial charge in [0.1, 0.15) is 0 Å². The molecule has 1 aromatic rings. The molecule has 0 aromatic heterocycles. The molecule has 0 fully saturated rings. The number of likely N-dealkylation sites (N-methyl/N-ethyl adjacent to an activating group) is 1. The summed E-state index contributed by atoms with van der Waals surface area (Å²) in [5.41, 5.74) is 1.17. The second-order valence-electron chi connectivity index (χ2n) is 3.61. The Kier molecular flexibility index (Phi) is 5.49. The fourth-order valence-electron chi connectivity index (χ4n) is 1.37. The summed E-state index contributed by atoms with van der Waals surface area (Å²) in [6.07, 6.45) is 0. The highest BCUT2D eigenvalue weighted by Gasteiger charge is 2.06. The lowest BCUT2D eigenvalue weighted by atomic mass is 10.1. The molecular weight excluding hydrogens is 268 g/mol. The van der Waals surface area contributed by atoms with Gasteiger partial charge >= 0.3 is 0 Å². The number of halogens is 1. The van der Waals surface area contributed by atoms with Gasteiger partial charge in [0.05, 0.1) is 6.54 Å². The molecule has 1 atom stereocenters. The van der Waals surface area contributed by atoms with Crippen molar-refractivity contribution in [1.29, 1.82) is 0 Å². The zero-order valence-electron chi connectivity index (χ0n) is 9.59. The Balaban J connectivity index is 2.43. The largest absolute Gasteiger partial charge is 0.355 e. The van der Waals surface area contributed by atoms with Crippen molar-refractivity contribution in [2.24, 2.45) is 0 Å². The zero-order valence-corrected chi connectivity index (χ0v) is 11.2. The standard InChI is InChI=1S/C12H17BrN2O/c1-3-14-12(16)8-15-9(2)10-4-6-11(13)7-5-10/h4-7,9,15H,3,8H2,1-2H3,(H,14,16)/t9-/m0/s1. The molecule has 88 valence electrons. The number of amides is 1. The minimum atomic E-state index is 0.0338. The van der Waals surface area contributed by atoms with Crippen molar-refractivity contribution in [1.82, 2.24) is 10.6 Å². The lowest BCUT2D eigenvalue weighted by Gasteiger charge is -2.13. The second-order valence-corrected chi connectivity index (χ2v) is 4.52. The van der Waals surface area contributed by atoms with E-state index >= 15 is 0 Å². The molecule has 0 saturated heterocycles. The monoisotopic (exact) mass is 284 g/mol. The van der Waals surface area contributed by atoms with Gasteiger partial charge in [-0.15, -0.1) is 0 Å². The highest BCUT2D eigenvalue weighted by Crippen LogP contribution is 2.15. The molecule has 1 rings (SSSR count). The van der Waals surface area contributed by atoms with Crippen LogP contribution in [0.3, 0.4) is 0 Å². The average Bonchev–Trinajstić information content (AvgIpc) is 2.27. The van der Waals surface area contributed by atoms with E-state index in [1.165, 1.54) is 5.56 Å². The van der Waals surface area contributed by atoms with Gasteiger partial charge < -0.3 is 10.6 Å². The van der Waals surface area contributed by atoms with E-state index in [-0.39, 0.29) is 11.9 Å². The summed E-state index contributed by atoms with van der Waals surface area (Å²) in [7, 11) is 0. The van der Waals surface area contributed by atoms with Crippen LogP contribution in [0, 0.1) is 0 Å². The third-order valence-corrected chi connectivity index (χ3v) is 2.84. The maximum Gasteiger partial charge on any atom is 0.233 e. The molecular formula is C12H17BrN2O. The van der Waals surface area contributed by atoms with E-state index in [0.29, 0.717) is 13.1 Å². The quantitative estimate of drug-likeness (QED) is 0.871. The van der Waals surface area contributed by atoms with Gasteiger partial charge in [0.15, 0.2) is 0 Å². The fraction of sp³-hybridized carbons (Fsp3) is 0.417. The van der Waals surface area contributed by atoms with E-state index in [2.05, 4.69) is 26.6 Å². The van der Waals surface area contributed by atoms with Crippen LogP contribution in [0.5, 0.6) is 0 Å². The number of carbonyl (C=O) groups excluding carboxylic acids is 1. The lowest BCUT2D eigenvalue weighted by molar-refractivity contribution is -0.120. The van der Waals surface area contributed by atoms with Crippen molar-refractivity contribution < 1.29 is 4.79 Å². The van der Waals surface area contributed by atoms with Crippen molar-refractivity contribution in [3.05, 3.63) is 34.3 Å². The number of carbonyl (C=O) groups is 1. The van der Waals surface area contributed by atoms with Crippen molar-refractivity contribution in [3.8, 4) is 0 Å². The molecule has 0 heterocycles. The van der Waals surface area contributed by atoms with Gasteiger partial charge in [0, 0.05) is 17.1 Å². The Labute approximate surface area is 105 Å². The molecule has 1 aromatic carbocycles. The van der Waals surface area contributed by atoms with E-state index < -0.39 is 0 Å². The topological polar surface area (TPSA) is 41.1 Å². The predicted molar refractivity (Wildman–Crippen MR) is 69.2 cm³/mol. The molecule has 0 saturated carbocycles. The molecule has 0 aliphatic rings. The normalized spacial score (nSPS) is 12.2. The Morgan fingerprint density at radius 2 is 2.00 bits per heavy atom. The minimum absolute atomic E-state index is 0.0338. The van der Waals surface area contributed by atoms with Crippen molar-refractivity contribution in [3.63, 3.8) is 0 Å². The molecule has 0 bridgehead atoms.